The highest BCUT2D eigenvalue weighted by Crippen LogP contribution is 2.50. The Morgan fingerprint density at radius 1 is 0.811 bits per heavy atom. The van der Waals surface area contributed by atoms with Crippen molar-refractivity contribution in [3.8, 4) is 5.75 Å². The molecule has 0 bridgehead atoms. The molecule has 4 aromatic carbocycles. The Morgan fingerprint density at radius 3 is 2.19 bits per heavy atom. The van der Waals surface area contributed by atoms with E-state index >= 15 is 0 Å². The number of para-hydroxylation sites is 1. The van der Waals surface area contributed by atoms with Gasteiger partial charge in [-0.1, -0.05) is 72.3 Å². The molecule has 5 nitrogen and oxygen atoms in total. The molecule has 1 unspecified atom stereocenters. The summed E-state index contributed by atoms with van der Waals surface area (Å²) in [5, 5.41) is 0.744. The van der Waals surface area contributed by atoms with Gasteiger partial charge in [0.25, 0.3) is 10.0 Å². The Kier molecular flexibility index (Phi) is 5.61. The van der Waals surface area contributed by atoms with Crippen LogP contribution in [0.25, 0.3) is 16.5 Å². The number of sulfonamides is 1. The van der Waals surface area contributed by atoms with E-state index in [2.05, 4.69) is 0 Å². The molecule has 5 aromatic rings. The van der Waals surface area contributed by atoms with Crippen molar-refractivity contribution in [3.05, 3.63) is 132 Å². The average Bonchev–Trinajstić information content (AvgIpc) is 3.32. The van der Waals surface area contributed by atoms with Gasteiger partial charge in [0.2, 0.25) is 0 Å². The second-order valence-corrected chi connectivity index (χ2v) is 10.9. The maximum absolute atomic E-state index is 14.4. The van der Waals surface area contributed by atoms with E-state index in [4.69, 9.17) is 9.15 Å². The molecular formula is C31H25NO4S. The van der Waals surface area contributed by atoms with Gasteiger partial charge < -0.3 is 9.15 Å². The molecule has 37 heavy (non-hydrogen) atoms. The number of hydrogen-bond acceptors (Lipinski definition) is 4. The zero-order valence-corrected chi connectivity index (χ0v) is 21.3. The van der Waals surface area contributed by atoms with E-state index in [1.165, 1.54) is 4.31 Å². The number of ether oxygens (including phenoxy) is 1. The van der Waals surface area contributed by atoms with Crippen LogP contribution in [0.4, 0.5) is 5.69 Å². The fourth-order valence-electron chi connectivity index (χ4n) is 4.84. The van der Waals surface area contributed by atoms with Crippen LogP contribution in [0.1, 0.15) is 28.5 Å². The monoisotopic (exact) mass is 507 g/mol. The summed E-state index contributed by atoms with van der Waals surface area (Å²) in [5.41, 5.74) is 4.79. The predicted octanol–water partition coefficient (Wildman–Crippen LogP) is 7.13. The fraction of sp³-hybridized carbons (Fsp3) is 0.0968. The van der Waals surface area contributed by atoms with Crippen molar-refractivity contribution in [2.75, 3.05) is 11.4 Å². The lowest BCUT2D eigenvalue weighted by Crippen LogP contribution is -2.36. The molecule has 2 heterocycles. The van der Waals surface area contributed by atoms with Gasteiger partial charge in [-0.3, -0.25) is 4.31 Å². The van der Waals surface area contributed by atoms with Gasteiger partial charge in [0.15, 0.2) is 5.76 Å². The number of furan rings is 1. The van der Waals surface area contributed by atoms with Gasteiger partial charge >= 0.3 is 0 Å². The van der Waals surface area contributed by atoms with Crippen LogP contribution >= 0.6 is 0 Å². The van der Waals surface area contributed by atoms with Crippen LogP contribution in [-0.2, 0) is 10.0 Å². The smallest absolute Gasteiger partial charge is 0.265 e. The van der Waals surface area contributed by atoms with E-state index in [0.717, 1.165) is 27.6 Å². The molecule has 0 saturated carbocycles. The number of fused-ring (bicyclic) bond motifs is 3. The lowest BCUT2D eigenvalue weighted by molar-refractivity contribution is 0.414. The van der Waals surface area contributed by atoms with Crippen LogP contribution in [-0.4, -0.2) is 15.5 Å². The molecule has 0 N–H and O–H groups in total. The molecule has 0 spiro atoms. The van der Waals surface area contributed by atoms with Gasteiger partial charge in [-0.25, -0.2) is 8.42 Å². The van der Waals surface area contributed by atoms with Crippen molar-refractivity contribution in [3.63, 3.8) is 0 Å². The highest BCUT2D eigenvalue weighted by Gasteiger charge is 2.40. The van der Waals surface area contributed by atoms with E-state index in [1.807, 2.05) is 104 Å². The minimum Gasteiger partial charge on any atom is -0.497 e. The highest BCUT2D eigenvalue weighted by atomic mass is 32.2. The van der Waals surface area contributed by atoms with E-state index in [9.17, 15) is 8.42 Å². The van der Waals surface area contributed by atoms with Gasteiger partial charge in [0.05, 0.1) is 18.0 Å². The van der Waals surface area contributed by atoms with Crippen LogP contribution in [0.5, 0.6) is 5.75 Å². The number of methoxy groups -OCH3 is 1. The van der Waals surface area contributed by atoms with Gasteiger partial charge in [0, 0.05) is 11.0 Å². The summed E-state index contributed by atoms with van der Waals surface area (Å²) >= 11 is 0. The quantitative estimate of drug-likeness (QED) is 0.254. The second-order valence-electron chi connectivity index (χ2n) is 9.05. The lowest BCUT2D eigenvalue weighted by atomic mass is 9.93. The van der Waals surface area contributed by atoms with Crippen molar-refractivity contribution < 1.29 is 17.6 Å². The zero-order chi connectivity index (χ0) is 25.6. The minimum atomic E-state index is -3.97. The lowest BCUT2D eigenvalue weighted by Gasteiger charge is -2.35. The Hall–Kier alpha value is -4.29. The molecule has 6 heteroatoms. The Labute approximate surface area is 216 Å². The number of nitrogens with zero attached hydrogens (tertiary/aromatic N) is 1. The molecule has 1 aliphatic rings. The van der Waals surface area contributed by atoms with E-state index < -0.39 is 16.1 Å². The summed E-state index contributed by atoms with van der Waals surface area (Å²) in [6.45, 7) is 1.94. The molecule has 184 valence electrons. The number of anilines is 1. The summed E-state index contributed by atoms with van der Waals surface area (Å²) in [6.07, 6.45) is 1.98. The van der Waals surface area contributed by atoms with Gasteiger partial charge in [-0.15, -0.1) is 0 Å². The number of rotatable bonds is 5. The molecule has 1 aromatic heterocycles. The normalized spacial score (nSPS) is 15.4. The van der Waals surface area contributed by atoms with Crippen molar-refractivity contribution in [1.29, 1.82) is 0 Å². The van der Waals surface area contributed by atoms with Crippen molar-refractivity contribution in [2.24, 2.45) is 0 Å². The first-order valence-corrected chi connectivity index (χ1v) is 13.5. The third-order valence-corrected chi connectivity index (χ3v) is 8.53. The maximum atomic E-state index is 14.4. The summed E-state index contributed by atoms with van der Waals surface area (Å²) < 4.78 is 42.0. The SMILES string of the molecule is COc1ccc(C2C=C(c3ccccc3)c3oc4ccccc4c3N2S(=O)(=O)c2ccc(C)cc2)cc1. The largest absolute Gasteiger partial charge is 0.497 e. The molecule has 1 atom stereocenters. The van der Waals surface area contributed by atoms with Crippen molar-refractivity contribution >= 4 is 32.3 Å². The van der Waals surface area contributed by atoms with E-state index in [-0.39, 0.29) is 4.90 Å². The van der Waals surface area contributed by atoms with Crippen LogP contribution in [0, 0.1) is 6.92 Å². The molecule has 0 amide bonds. The topological polar surface area (TPSA) is 59.8 Å². The number of aryl methyl sites for hydroxylation is 1. The average molecular weight is 508 g/mol. The number of benzene rings is 4. The number of hydrogen-bond donors (Lipinski definition) is 0. The summed E-state index contributed by atoms with van der Waals surface area (Å²) in [6, 6.07) is 31.4. The first kappa shape index (κ1) is 23.1. The zero-order valence-electron chi connectivity index (χ0n) is 20.5. The third-order valence-electron chi connectivity index (χ3n) is 6.73. The first-order valence-electron chi connectivity index (χ1n) is 12.0. The minimum absolute atomic E-state index is 0.226. The molecular weight excluding hydrogens is 482 g/mol. The molecule has 0 radical (unpaired) electrons. The van der Waals surface area contributed by atoms with Gasteiger partial charge in [-0.05, 0) is 60.5 Å². The standard InChI is InChI=1S/C31H25NO4S/c1-21-12-18-25(19-13-21)37(33,34)32-28(23-14-16-24(35-2)17-15-23)20-27(22-8-4-3-5-9-22)31-30(32)26-10-6-7-11-29(26)36-31/h3-20,28H,1-2H3. The fourth-order valence-corrected chi connectivity index (χ4v) is 6.46. The Morgan fingerprint density at radius 2 is 1.49 bits per heavy atom. The van der Waals surface area contributed by atoms with Gasteiger partial charge in [0.1, 0.15) is 17.0 Å². The Bertz CT molecular complexity index is 1720. The molecule has 0 fully saturated rings. The van der Waals surface area contributed by atoms with Crippen LogP contribution in [0.15, 0.2) is 119 Å². The third kappa shape index (κ3) is 3.90. The predicted molar refractivity (Wildman–Crippen MR) is 146 cm³/mol. The molecule has 0 saturated heterocycles. The maximum Gasteiger partial charge on any atom is 0.265 e. The summed E-state index contributed by atoms with van der Waals surface area (Å²) in [4.78, 5) is 0.226. The first-order chi connectivity index (χ1) is 18.0. The van der Waals surface area contributed by atoms with Crippen molar-refractivity contribution in [1.82, 2.24) is 0 Å². The molecule has 1 aliphatic heterocycles. The molecule has 0 aliphatic carbocycles. The Balaban J connectivity index is 1.67. The molecule has 6 rings (SSSR count). The van der Waals surface area contributed by atoms with Gasteiger partial charge in [-0.2, -0.15) is 0 Å². The van der Waals surface area contributed by atoms with Crippen LogP contribution < -0.4 is 9.04 Å². The summed E-state index contributed by atoms with van der Waals surface area (Å²) in [5.74, 6) is 1.24. The van der Waals surface area contributed by atoms with E-state index in [1.54, 1.807) is 19.2 Å². The second kappa shape index (κ2) is 8.98. The summed E-state index contributed by atoms with van der Waals surface area (Å²) in [7, 11) is -2.36. The van der Waals surface area contributed by atoms with Crippen LogP contribution in [0.2, 0.25) is 0 Å². The highest BCUT2D eigenvalue weighted by molar-refractivity contribution is 7.92. The van der Waals surface area contributed by atoms with Crippen molar-refractivity contribution in [2.45, 2.75) is 17.9 Å². The van der Waals surface area contributed by atoms with Crippen LogP contribution in [0.3, 0.4) is 0 Å². The van der Waals surface area contributed by atoms with E-state index in [0.29, 0.717) is 22.8 Å².